The van der Waals surface area contributed by atoms with Crippen molar-refractivity contribution in [3.8, 4) is 5.75 Å². The topological polar surface area (TPSA) is 82.8 Å². The highest BCUT2D eigenvalue weighted by atomic mass is 16.6. The van der Waals surface area contributed by atoms with Gasteiger partial charge in [0, 0.05) is 19.1 Å². The maximum atomic E-state index is 11.8. The van der Waals surface area contributed by atoms with E-state index in [1.807, 2.05) is 0 Å². The lowest BCUT2D eigenvalue weighted by molar-refractivity contribution is -0.131. The van der Waals surface area contributed by atoms with E-state index in [1.165, 1.54) is 0 Å². The van der Waals surface area contributed by atoms with Gasteiger partial charge >= 0.3 is 0 Å². The van der Waals surface area contributed by atoms with Gasteiger partial charge in [-0.05, 0) is 18.6 Å². The Morgan fingerprint density at radius 2 is 2.30 bits per heavy atom. The van der Waals surface area contributed by atoms with Crippen molar-refractivity contribution in [3.05, 3.63) is 18.2 Å². The molecule has 0 aliphatic carbocycles. The van der Waals surface area contributed by atoms with Crippen LogP contribution in [0.1, 0.15) is 12.8 Å². The van der Waals surface area contributed by atoms with E-state index in [-0.39, 0.29) is 12.0 Å². The first-order valence-electron chi connectivity index (χ1n) is 6.61. The number of nitrogens with one attached hydrogen (secondary N) is 1. The monoisotopic (exact) mass is 280 g/mol. The molecule has 1 heterocycles. The van der Waals surface area contributed by atoms with E-state index in [0.717, 1.165) is 0 Å². The molecule has 1 fully saturated rings. The van der Waals surface area contributed by atoms with Gasteiger partial charge in [0.25, 0.3) is 0 Å². The summed E-state index contributed by atoms with van der Waals surface area (Å²) in [6.45, 7) is 1.89. The van der Waals surface area contributed by atoms with Crippen LogP contribution in [0.4, 0.5) is 11.4 Å². The Labute approximate surface area is 118 Å². The number of rotatable bonds is 7. The van der Waals surface area contributed by atoms with Crippen LogP contribution in [0.15, 0.2) is 18.2 Å². The van der Waals surface area contributed by atoms with E-state index in [9.17, 15) is 4.79 Å². The van der Waals surface area contributed by atoms with Crippen molar-refractivity contribution in [3.63, 3.8) is 0 Å². The molecule has 6 nitrogen and oxygen atoms in total. The van der Waals surface area contributed by atoms with Crippen LogP contribution in [0.25, 0.3) is 0 Å². The zero-order valence-electron chi connectivity index (χ0n) is 11.6. The molecule has 1 aliphatic rings. The summed E-state index contributed by atoms with van der Waals surface area (Å²) in [6.07, 6.45) is 1.28. The van der Waals surface area contributed by atoms with Gasteiger partial charge in [-0.3, -0.25) is 4.79 Å². The minimum atomic E-state index is -0.0738. The number of nitrogens with two attached hydrogens (primary N) is 1. The van der Waals surface area contributed by atoms with E-state index < -0.39 is 0 Å². The fraction of sp³-hybridized carbons (Fsp3) is 0.500. The summed E-state index contributed by atoms with van der Waals surface area (Å²) >= 11 is 0. The molecule has 1 aromatic rings. The van der Waals surface area contributed by atoms with Gasteiger partial charge in [-0.25, -0.2) is 0 Å². The van der Waals surface area contributed by atoms with Gasteiger partial charge in [0.15, 0.2) is 0 Å². The highest BCUT2D eigenvalue weighted by Crippen LogP contribution is 2.24. The molecule has 1 aromatic carbocycles. The van der Waals surface area contributed by atoms with Crippen molar-refractivity contribution in [1.29, 1.82) is 0 Å². The molecule has 1 amide bonds. The van der Waals surface area contributed by atoms with Gasteiger partial charge in [0.2, 0.25) is 5.91 Å². The third-order valence-electron chi connectivity index (χ3n) is 3.04. The number of hydrogen-bond donors (Lipinski definition) is 2. The molecule has 0 aromatic heterocycles. The molecule has 0 bridgehead atoms. The standard InChI is InChI=1S/C14H20N2O4/c1-18-10-4-5-13(12(15)7-10)16-14(17)3-2-6-20-11-8-19-9-11/h4-5,7,11H,2-3,6,8-9,15H2,1H3,(H,16,17). The van der Waals surface area contributed by atoms with Crippen molar-refractivity contribution >= 4 is 17.3 Å². The average molecular weight is 280 g/mol. The van der Waals surface area contributed by atoms with Crippen molar-refractivity contribution in [2.75, 3.05) is 38.0 Å². The first kappa shape index (κ1) is 14.6. The summed E-state index contributed by atoms with van der Waals surface area (Å²) in [4.78, 5) is 11.8. The van der Waals surface area contributed by atoms with Crippen LogP contribution in [-0.4, -0.2) is 38.9 Å². The van der Waals surface area contributed by atoms with Crippen LogP contribution in [0.3, 0.4) is 0 Å². The molecule has 0 atom stereocenters. The molecule has 0 unspecified atom stereocenters. The Morgan fingerprint density at radius 1 is 1.50 bits per heavy atom. The number of anilines is 2. The number of carbonyl (C=O) groups excluding carboxylic acids is 1. The lowest BCUT2D eigenvalue weighted by Crippen LogP contribution is -2.36. The summed E-state index contributed by atoms with van der Waals surface area (Å²) in [5, 5.41) is 2.78. The minimum Gasteiger partial charge on any atom is -0.497 e. The Balaban J connectivity index is 1.70. The second kappa shape index (κ2) is 7.12. The predicted octanol–water partition coefficient (Wildman–Crippen LogP) is 1.41. The molecule has 0 saturated carbocycles. The van der Waals surface area contributed by atoms with E-state index in [2.05, 4.69) is 5.32 Å². The van der Waals surface area contributed by atoms with E-state index in [1.54, 1.807) is 25.3 Å². The van der Waals surface area contributed by atoms with E-state index in [4.69, 9.17) is 19.9 Å². The van der Waals surface area contributed by atoms with Crippen LogP contribution in [0.5, 0.6) is 5.75 Å². The number of amides is 1. The Kier molecular flexibility index (Phi) is 5.20. The summed E-state index contributed by atoms with van der Waals surface area (Å²) in [6, 6.07) is 5.16. The van der Waals surface area contributed by atoms with Gasteiger partial charge in [0.1, 0.15) is 11.9 Å². The van der Waals surface area contributed by atoms with Crippen molar-refractivity contribution in [1.82, 2.24) is 0 Å². The van der Waals surface area contributed by atoms with Crippen molar-refractivity contribution in [2.45, 2.75) is 18.9 Å². The number of methoxy groups -OCH3 is 1. The second-order valence-corrected chi connectivity index (χ2v) is 4.64. The number of ether oxygens (including phenoxy) is 3. The molecule has 2 rings (SSSR count). The Hall–Kier alpha value is -1.79. The second-order valence-electron chi connectivity index (χ2n) is 4.64. The zero-order chi connectivity index (χ0) is 14.4. The normalized spacial score (nSPS) is 14.7. The van der Waals surface area contributed by atoms with Crippen molar-refractivity contribution in [2.24, 2.45) is 0 Å². The molecular weight excluding hydrogens is 260 g/mol. The minimum absolute atomic E-state index is 0.0738. The maximum absolute atomic E-state index is 11.8. The third kappa shape index (κ3) is 4.11. The van der Waals surface area contributed by atoms with E-state index >= 15 is 0 Å². The summed E-state index contributed by atoms with van der Waals surface area (Å²) in [5.41, 5.74) is 6.92. The van der Waals surface area contributed by atoms with Gasteiger partial charge in [0.05, 0.1) is 31.7 Å². The van der Waals surface area contributed by atoms with Crippen LogP contribution >= 0.6 is 0 Å². The van der Waals surface area contributed by atoms with E-state index in [0.29, 0.717) is 49.8 Å². The molecular formula is C14H20N2O4. The molecule has 6 heteroatoms. The SMILES string of the molecule is COc1ccc(NC(=O)CCCOC2COC2)c(N)c1. The molecule has 1 saturated heterocycles. The molecule has 20 heavy (non-hydrogen) atoms. The van der Waals surface area contributed by atoms with Crippen LogP contribution in [0.2, 0.25) is 0 Å². The highest BCUT2D eigenvalue weighted by Gasteiger charge is 2.18. The fourth-order valence-electron chi connectivity index (χ4n) is 1.79. The van der Waals surface area contributed by atoms with Crippen molar-refractivity contribution < 1.29 is 19.0 Å². The summed E-state index contributed by atoms with van der Waals surface area (Å²) in [5.74, 6) is 0.590. The zero-order valence-corrected chi connectivity index (χ0v) is 11.6. The molecule has 3 N–H and O–H groups in total. The molecule has 0 spiro atoms. The first-order valence-corrected chi connectivity index (χ1v) is 6.61. The quantitative estimate of drug-likeness (QED) is 0.583. The summed E-state index contributed by atoms with van der Waals surface area (Å²) < 4.78 is 15.5. The largest absolute Gasteiger partial charge is 0.497 e. The van der Waals surface area contributed by atoms with Gasteiger partial charge < -0.3 is 25.3 Å². The van der Waals surface area contributed by atoms with Gasteiger partial charge in [-0.2, -0.15) is 0 Å². The number of carbonyl (C=O) groups is 1. The number of hydrogen-bond acceptors (Lipinski definition) is 5. The van der Waals surface area contributed by atoms with Crippen LogP contribution in [0, 0.1) is 0 Å². The Bertz CT molecular complexity index is 460. The Morgan fingerprint density at radius 3 is 2.90 bits per heavy atom. The van der Waals surface area contributed by atoms with Gasteiger partial charge in [-0.1, -0.05) is 0 Å². The maximum Gasteiger partial charge on any atom is 0.224 e. The highest BCUT2D eigenvalue weighted by molar-refractivity contribution is 5.93. The fourth-order valence-corrected chi connectivity index (χ4v) is 1.79. The lowest BCUT2D eigenvalue weighted by Gasteiger charge is -2.25. The number of benzene rings is 1. The first-order chi connectivity index (χ1) is 9.69. The summed E-state index contributed by atoms with van der Waals surface area (Å²) in [7, 11) is 1.57. The molecule has 1 aliphatic heterocycles. The molecule has 0 radical (unpaired) electrons. The predicted molar refractivity (Wildman–Crippen MR) is 75.8 cm³/mol. The van der Waals surface area contributed by atoms with Gasteiger partial charge in [-0.15, -0.1) is 0 Å². The number of nitrogen functional groups attached to an aromatic ring is 1. The van der Waals surface area contributed by atoms with Crippen LogP contribution in [-0.2, 0) is 14.3 Å². The smallest absolute Gasteiger partial charge is 0.224 e. The van der Waals surface area contributed by atoms with Crippen LogP contribution < -0.4 is 15.8 Å². The third-order valence-corrected chi connectivity index (χ3v) is 3.04. The molecule has 110 valence electrons. The average Bonchev–Trinajstić information content (AvgIpc) is 2.38. The lowest BCUT2D eigenvalue weighted by atomic mass is 10.2.